The molecule has 3 rings (SSSR count). The largest absolute Gasteiger partial charge is 0.394 e. The fourth-order valence-corrected chi connectivity index (χ4v) is 3.38. The number of hydrogen-bond donors (Lipinski definition) is 1. The van der Waals surface area contributed by atoms with Crippen LogP contribution >= 0.6 is 0 Å². The lowest BCUT2D eigenvalue weighted by atomic mass is 10.2. The Hall–Kier alpha value is -1.89. The van der Waals surface area contributed by atoms with Gasteiger partial charge in [0.05, 0.1) is 19.2 Å². The minimum absolute atomic E-state index is 0.134. The third-order valence-electron chi connectivity index (χ3n) is 4.74. The second-order valence-electron chi connectivity index (χ2n) is 6.35. The lowest BCUT2D eigenvalue weighted by Gasteiger charge is -2.26. The van der Waals surface area contributed by atoms with Crippen LogP contribution in [-0.2, 0) is 4.79 Å². The first kappa shape index (κ1) is 16.0. The molecule has 2 aliphatic heterocycles. The smallest absolute Gasteiger partial charge is 0.242 e. The van der Waals surface area contributed by atoms with Crippen molar-refractivity contribution in [3.05, 3.63) is 12.4 Å². The molecule has 1 aromatic rings. The topological polar surface area (TPSA) is 72.8 Å². The number of aliphatic hydroxyl groups excluding tert-OH is 1. The molecule has 0 saturated carbocycles. The molecule has 2 fully saturated rings. The molecule has 2 saturated heterocycles. The second kappa shape index (κ2) is 7.12. The average Bonchev–Trinajstić information content (AvgIpc) is 3.26. The lowest BCUT2D eigenvalue weighted by Crippen LogP contribution is -2.38. The zero-order valence-corrected chi connectivity index (χ0v) is 13.7. The van der Waals surface area contributed by atoms with Gasteiger partial charge in [0, 0.05) is 32.7 Å². The van der Waals surface area contributed by atoms with Gasteiger partial charge in [0.25, 0.3) is 0 Å². The number of rotatable bonds is 5. The maximum atomic E-state index is 12.3. The lowest BCUT2D eigenvalue weighted by molar-refractivity contribution is -0.128. The van der Waals surface area contributed by atoms with Crippen LogP contribution in [0.1, 0.15) is 25.7 Å². The maximum Gasteiger partial charge on any atom is 0.242 e. The molecule has 3 heterocycles. The Bertz CT molecular complexity index is 547. The molecule has 1 aromatic heterocycles. The van der Waals surface area contributed by atoms with Crippen LogP contribution in [0.3, 0.4) is 0 Å². The van der Waals surface area contributed by atoms with Gasteiger partial charge in [-0.15, -0.1) is 0 Å². The fraction of sp³-hybridized carbons (Fsp3) is 0.688. The van der Waals surface area contributed by atoms with E-state index in [1.807, 2.05) is 22.9 Å². The van der Waals surface area contributed by atoms with Gasteiger partial charge >= 0.3 is 0 Å². The molecule has 0 aromatic carbocycles. The van der Waals surface area contributed by atoms with Crippen molar-refractivity contribution in [3.63, 3.8) is 0 Å². The number of aliphatic hydroxyl groups is 1. The van der Waals surface area contributed by atoms with E-state index in [0.717, 1.165) is 57.0 Å². The number of anilines is 2. The molecule has 0 radical (unpaired) electrons. The molecule has 2 aliphatic rings. The number of hydrogen-bond acceptors (Lipinski definition) is 6. The van der Waals surface area contributed by atoms with Gasteiger partial charge in [0.15, 0.2) is 0 Å². The molecule has 7 nitrogen and oxygen atoms in total. The van der Waals surface area contributed by atoms with Crippen molar-refractivity contribution in [2.45, 2.75) is 31.7 Å². The predicted molar refractivity (Wildman–Crippen MR) is 88.6 cm³/mol. The van der Waals surface area contributed by atoms with E-state index in [1.165, 1.54) is 6.33 Å². The summed E-state index contributed by atoms with van der Waals surface area (Å²) in [6.45, 7) is 3.11. The van der Waals surface area contributed by atoms with Crippen molar-refractivity contribution >= 4 is 17.5 Å². The predicted octanol–water partition coefficient (Wildman–Crippen LogP) is 0.496. The number of amides is 1. The third kappa shape index (κ3) is 3.55. The molecule has 126 valence electrons. The van der Waals surface area contributed by atoms with Gasteiger partial charge in [-0.25, -0.2) is 9.97 Å². The SMILES string of the molecule is CN(CC(=O)N1CCCC1)c1cc(N2CCCC2CO)ncn1. The molecular weight excluding hydrogens is 294 g/mol. The monoisotopic (exact) mass is 319 g/mol. The van der Waals surface area contributed by atoms with Gasteiger partial charge in [-0.3, -0.25) is 4.79 Å². The number of nitrogens with zero attached hydrogens (tertiary/aromatic N) is 5. The van der Waals surface area contributed by atoms with Crippen molar-refractivity contribution in [1.29, 1.82) is 0 Å². The highest BCUT2D eigenvalue weighted by Crippen LogP contribution is 2.25. The van der Waals surface area contributed by atoms with Crippen LogP contribution in [0, 0.1) is 0 Å². The molecule has 1 atom stereocenters. The van der Waals surface area contributed by atoms with Gasteiger partial charge in [0.2, 0.25) is 5.91 Å². The van der Waals surface area contributed by atoms with Crippen LogP contribution < -0.4 is 9.80 Å². The van der Waals surface area contributed by atoms with Crippen molar-refractivity contribution < 1.29 is 9.90 Å². The average molecular weight is 319 g/mol. The van der Waals surface area contributed by atoms with E-state index in [4.69, 9.17) is 0 Å². The fourth-order valence-electron chi connectivity index (χ4n) is 3.38. The zero-order valence-electron chi connectivity index (χ0n) is 13.7. The Kier molecular flexibility index (Phi) is 4.95. The summed E-state index contributed by atoms with van der Waals surface area (Å²) in [7, 11) is 1.88. The summed E-state index contributed by atoms with van der Waals surface area (Å²) in [5.74, 6) is 1.72. The number of likely N-dealkylation sites (N-methyl/N-ethyl adjacent to an activating group) is 1. The molecular formula is C16H25N5O2. The minimum Gasteiger partial charge on any atom is -0.394 e. The highest BCUT2D eigenvalue weighted by atomic mass is 16.3. The highest BCUT2D eigenvalue weighted by molar-refractivity contribution is 5.81. The van der Waals surface area contributed by atoms with Gasteiger partial charge < -0.3 is 19.8 Å². The summed E-state index contributed by atoms with van der Waals surface area (Å²) < 4.78 is 0. The van der Waals surface area contributed by atoms with Crippen LogP contribution in [0.15, 0.2) is 12.4 Å². The van der Waals surface area contributed by atoms with E-state index in [9.17, 15) is 9.90 Å². The summed E-state index contributed by atoms with van der Waals surface area (Å²) in [5.41, 5.74) is 0. The zero-order chi connectivity index (χ0) is 16.2. The molecule has 1 amide bonds. The Morgan fingerprint density at radius 3 is 2.83 bits per heavy atom. The first-order chi connectivity index (χ1) is 11.2. The van der Waals surface area contributed by atoms with E-state index in [0.29, 0.717) is 6.54 Å². The van der Waals surface area contributed by atoms with E-state index in [2.05, 4.69) is 14.9 Å². The summed E-state index contributed by atoms with van der Waals surface area (Å²) >= 11 is 0. The Morgan fingerprint density at radius 2 is 2.09 bits per heavy atom. The van der Waals surface area contributed by atoms with Gasteiger partial charge in [0.1, 0.15) is 18.0 Å². The van der Waals surface area contributed by atoms with E-state index < -0.39 is 0 Å². The van der Waals surface area contributed by atoms with Crippen molar-refractivity contribution in [1.82, 2.24) is 14.9 Å². The molecule has 0 spiro atoms. The minimum atomic E-state index is 0.134. The summed E-state index contributed by atoms with van der Waals surface area (Å²) in [6, 6.07) is 2.04. The number of carbonyl (C=O) groups excluding carboxylic acids is 1. The standard InChI is InChI=1S/C16H25N5O2/c1-19(10-16(23)20-6-2-3-7-20)14-9-15(18-12-17-14)21-8-4-5-13(21)11-22/h9,12-13,22H,2-8,10-11H2,1H3. The van der Waals surface area contributed by atoms with Crippen LogP contribution in [-0.4, -0.2) is 71.8 Å². The van der Waals surface area contributed by atoms with Crippen molar-refractivity contribution in [2.24, 2.45) is 0 Å². The van der Waals surface area contributed by atoms with Crippen molar-refractivity contribution in [3.8, 4) is 0 Å². The number of likely N-dealkylation sites (tertiary alicyclic amines) is 1. The second-order valence-corrected chi connectivity index (χ2v) is 6.35. The first-order valence-corrected chi connectivity index (χ1v) is 8.37. The third-order valence-corrected chi connectivity index (χ3v) is 4.74. The van der Waals surface area contributed by atoms with E-state index in [-0.39, 0.29) is 18.6 Å². The van der Waals surface area contributed by atoms with Crippen LogP contribution in [0.2, 0.25) is 0 Å². The van der Waals surface area contributed by atoms with Crippen LogP contribution in [0.5, 0.6) is 0 Å². The first-order valence-electron chi connectivity index (χ1n) is 8.37. The van der Waals surface area contributed by atoms with Gasteiger partial charge in [-0.05, 0) is 25.7 Å². The highest BCUT2D eigenvalue weighted by Gasteiger charge is 2.26. The Balaban J connectivity index is 1.67. The summed E-state index contributed by atoms with van der Waals surface area (Å²) in [6.07, 6.45) is 5.79. The molecule has 0 bridgehead atoms. The molecule has 1 unspecified atom stereocenters. The summed E-state index contributed by atoms with van der Waals surface area (Å²) in [4.78, 5) is 26.8. The molecule has 7 heteroatoms. The van der Waals surface area contributed by atoms with Crippen molar-refractivity contribution in [2.75, 3.05) is 49.6 Å². The molecule has 23 heavy (non-hydrogen) atoms. The number of aromatic nitrogens is 2. The Morgan fingerprint density at radius 1 is 1.30 bits per heavy atom. The quantitative estimate of drug-likeness (QED) is 0.852. The molecule has 1 N–H and O–H groups in total. The van der Waals surface area contributed by atoms with Crippen LogP contribution in [0.4, 0.5) is 11.6 Å². The van der Waals surface area contributed by atoms with E-state index >= 15 is 0 Å². The van der Waals surface area contributed by atoms with E-state index in [1.54, 1.807) is 0 Å². The maximum absolute atomic E-state index is 12.3. The Labute approximate surface area is 136 Å². The van der Waals surface area contributed by atoms with Gasteiger partial charge in [-0.2, -0.15) is 0 Å². The normalized spacial score (nSPS) is 21.0. The molecule has 0 aliphatic carbocycles. The number of carbonyl (C=O) groups is 1. The van der Waals surface area contributed by atoms with Gasteiger partial charge in [-0.1, -0.05) is 0 Å². The van der Waals surface area contributed by atoms with Crippen LogP contribution in [0.25, 0.3) is 0 Å². The summed E-state index contributed by atoms with van der Waals surface area (Å²) in [5, 5.41) is 9.47.